The van der Waals surface area contributed by atoms with Gasteiger partial charge in [-0.2, -0.15) is 0 Å². The van der Waals surface area contributed by atoms with Crippen LogP contribution in [0.2, 0.25) is 5.02 Å². The van der Waals surface area contributed by atoms with Crippen LogP contribution in [0.5, 0.6) is 0 Å². The molecule has 0 radical (unpaired) electrons. The second kappa shape index (κ2) is 10.4. The van der Waals surface area contributed by atoms with E-state index in [0.717, 1.165) is 35.1 Å². The van der Waals surface area contributed by atoms with Gasteiger partial charge in [-0.15, -0.1) is 0 Å². The molecule has 0 atom stereocenters. The number of aromatic amines is 1. The number of carbonyl (C=O) groups excluding carboxylic acids is 1. The first kappa shape index (κ1) is 23.3. The molecule has 1 aromatic heterocycles. The van der Waals surface area contributed by atoms with Crippen LogP contribution in [0, 0.1) is 13.8 Å². The summed E-state index contributed by atoms with van der Waals surface area (Å²) in [7, 11) is 0. The smallest absolute Gasteiger partial charge is 0.322 e. The Morgan fingerprint density at radius 3 is 2.64 bits per heavy atom. The molecule has 1 saturated heterocycles. The minimum absolute atomic E-state index is 0.182. The second-order valence-corrected chi connectivity index (χ2v) is 8.80. The first-order chi connectivity index (χ1) is 15.9. The first-order valence-electron chi connectivity index (χ1n) is 11.1. The number of aromatic nitrogens is 1. The number of urea groups is 1. The number of ether oxygens (including phenoxy) is 1. The Morgan fingerprint density at radius 2 is 1.88 bits per heavy atom. The molecule has 0 unspecified atom stereocenters. The molecule has 2 N–H and O–H groups in total. The largest absolute Gasteiger partial charge is 0.379 e. The Kier molecular flexibility index (Phi) is 7.33. The normalized spacial score (nSPS) is 14.4. The van der Waals surface area contributed by atoms with E-state index in [9.17, 15) is 9.59 Å². The highest BCUT2D eigenvalue weighted by Crippen LogP contribution is 2.22. The molecule has 7 nitrogen and oxygen atoms in total. The lowest BCUT2D eigenvalue weighted by Gasteiger charge is -2.30. The Morgan fingerprint density at radius 1 is 1.15 bits per heavy atom. The summed E-state index contributed by atoms with van der Waals surface area (Å²) in [5.74, 6) is 0. The van der Waals surface area contributed by atoms with Crippen molar-refractivity contribution in [1.82, 2.24) is 14.8 Å². The maximum Gasteiger partial charge on any atom is 0.322 e. The van der Waals surface area contributed by atoms with Gasteiger partial charge in [-0.3, -0.25) is 9.69 Å². The molecule has 0 bridgehead atoms. The van der Waals surface area contributed by atoms with E-state index in [1.165, 1.54) is 0 Å². The molecule has 1 aliphatic heterocycles. The van der Waals surface area contributed by atoms with Crippen molar-refractivity contribution in [3.05, 3.63) is 74.5 Å². The molecule has 2 heterocycles. The van der Waals surface area contributed by atoms with Crippen molar-refractivity contribution in [3.63, 3.8) is 0 Å². The zero-order valence-electron chi connectivity index (χ0n) is 19.0. The molecule has 4 rings (SSSR count). The molecular formula is C25H29ClN4O3. The van der Waals surface area contributed by atoms with E-state index in [0.29, 0.717) is 42.6 Å². The van der Waals surface area contributed by atoms with Crippen molar-refractivity contribution in [2.75, 3.05) is 44.7 Å². The van der Waals surface area contributed by atoms with E-state index >= 15 is 0 Å². The highest BCUT2D eigenvalue weighted by atomic mass is 35.5. The van der Waals surface area contributed by atoms with E-state index in [2.05, 4.69) is 15.2 Å². The van der Waals surface area contributed by atoms with Crippen LogP contribution in [-0.4, -0.2) is 60.2 Å². The standard InChI is InChI=1S/C25H29ClN4O3/c1-17-7-8-18(2)23-20(17)15-19(24(31)28-23)16-30(10-9-29-11-13-33-14-12-29)25(32)27-22-6-4-3-5-21(22)26/h3-8,15H,9-14,16H2,1-2H3,(H,27,32)(H,28,31). The number of nitrogens with one attached hydrogen (secondary N) is 2. The van der Waals surface area contributed by atoms with Gasteiger partial charge in [0.05, 0.1) is 36.0 Å². The molecule has 174 valence electrons. The maximum absolute atomic E-state index is 13.2. The van der Waals surface area contributed by atoms with Crippen molar-refractivity contribution in [2.45, 2.75) is 20.4 Å². The van der Waals surface area contributed by atoms with Gasteiger partial charge in [0.2, 0.25) is 0 Å². The van der Waals surface area contributed by atoms with Crippen LogP contribution in [0.1, 0.15) is 16.7 Å². The number of amides is 2. The number of halogens is 1. The molecule has 2 aromatic carbocycles. The predicted molar refractivity (Wildman–Crippen MR) is 132 cm³/mol. The van der Waals surface area contributed by atoms with Crippen molar-refractivity contribution >= 4 is 34.2 Å². The lowest BCUT2D eigenvalue weighted by Crippen LogP contribution is -2.44. The van der Waals surface area contributed by atoms with Crippen LogP contribution in [-0.2, 0) is 11.3 Å². The maximum atomic E-state index is 13.2. The number of morpholine rings is 1. The zero-order valence-corrected chi connectivity index (χ0v) is 19.7. The number of carbonyl (C=O) groups is 1. The number of pyridine rings is 1. The van der Waals surface area contributed by atoms with Crippen molar-refractivity contribution in [2.24, 2.45) is 0 Å². The molecule has 1 fully saturated rings. The summed E-state index contributed by atoms with van der Waals surface area (Å²) < 4.78 is 5.42. The van der Waals surface area contributed by atoms with Crippen LogP contribution in [0.3, 0.4) is 0 Å². The van der Waals surface area contributed by atoms with Gasteiger partial charge in [0, 0.05) is 37.1 Å². The molecular weight excluding hydrogens is 440 g/mol. The van der Waals surface area contributed by atoms with E-state index in [1.807, 2.05) is 44.2 Å². The first-order valence-corrected chi connectivity index (χ1v) is 11.5. The number of aryl methyl sites for hydroxylation is 2. The van der Waals surface area contributed by atoms with E-state index in [-0.39, 0.29) is 18.1 Å². The highest BCUT2D eigenvalue weighted by molar-refractivity contribution is 6.33. The van der Waals surface area contributed by atoms with E-state index < -0.39 is 0 Å². The number of para-hydroxylation sites is 1. The SMILES string of the molecule is Cc1ccc(C)c2[nH]c(=O)c(CN(CCN3CCOCC3)C(=O)Nc3ccccc3Cl)cc12. The van der Waals surface area contributed by atoms with Crippen molar-refractivity contribution in [3.8, 4) is 0 Å². The molecule has 8 heteroatoms. The number of hydrogen-bond donors (Lipinski definition) is 2. The van der Waals surface area contributed by atoms with E-state index in [1.54, 1.807) is 17.0 Å². The monoisotopic (exact) mass is 468 g/mol. The summed E-state index contributed by atoms with van der Waals surface area (Å²) >= 11 is 6.24. The average Bonchev–Trinajstić information content (AvgIpc) is 2.82. The topological polar surface area (TPSA) is 77.7 Å². The van der Waals surface area contributed by atoms with Crippen LogP contribution < -0.4 is 10.9 Å². The number of hydrogen-bond acceptors (Lipinski definition) is 4. The van der Waals surface area contributed by atoms with Crippen LogP contribution in [0.25, 0.3) is 10.9 Å². The molecule has 2 amide bonds. The van der Waals surface area contributed by atoms with Gasteiger partial charge in [0.25, 0.3) is 5.56 Å². The average molecular weight is 469 g/mol. The second-order valence-electron chi connectivity index (χ2n) is 8.40. The Hall–Kier alpha value is -2.87. The number of H-pyrrole nitrogens is 1. The highest BCUT2D eigenvalue weighted by Gasteiger charge is 2.20. The predicted octanol–water partition coefficient (Wildman–Crippen LogP) is 4.16. The summed E-state index contributed by atoms with van der Waals surface area (Å²) in [6.45, 7) is 8.39. The Balaban J connectivity index is 1.60. The van der Waals surface area contributed by atoms with Gasteiger partial charge in [-0.05, 0) is 43.2 Å². The summed E-state index contributed by atoms with van der Waals surface area (Å²) in [5, 5.41) is 4.35. The minimum Gasteiger partial charge on any atom is -0.379 e. The van der Waals surface area contributed by atoms with Crippen LogP contribution >= 0.6 is 11.6 Å². The lowest BCUT2D eigenvalue weighted by molar-refractivity contribution is 0.0349. The summed E-state index contributed by atoms with van der Waals surface area (Å²) in [6.07, 6.45) is 0. The van der Waals surface area contributed by atoms with Crippen LogP contribution in [0.4, 0.5) is 10.5 Å². The Bertz CT molecular complexity index is 1200. The number of rotatable bonds is 6. The van der Waals surface area contributed by atoms with Gasteiger partial charge < -0.3 is 19.9 Å². The van der Waals surface area contributed by atoms with Gasteiger partial charge in [0.15, 0.2) is 0 Å². The third kappa shape index (κ3) is 5.55. The van der Waals surface area contributed by atoms with Crippen LogP contribution in [0.15, 0.2) is 47.3 Å². The fourth-order valence-corrected chi connectivity index (χ4v) is 4.22. The van der Waals surface area contributed by atoms with Gasteiger partial charge in [-0.25, -0.2) is 4.79 Å². The van der Waals surface area contributed by atoms with Gasteiger partial charge >= 0.3 is 6.03 Å². The molecule has 0 spiro atoms. The quantitative estimate of drug-likeness (QED) is 0.569. The van der Waals surface area contributed by atoms with Gasteiger partial charge in [0.1, 0.15) is 0 Å². The molecule has 0 aliphatic carbocycles. The molecule has 33 heavy (non-hydrogen) atoms. The molecule has 0 saturated carbocycles. The van der Waals surface area contributed by atoms with Crippen molar-refractivity contribution < 1.29 is 9.53 Å². The third-order valence-electron chi connectivity index (χ3n) is 6.07. The van der Waals surface area contributed by atoms with E-state index in [4.69, 9.17) is 16.3 Å². The molecule has 1 aliphatic rings. The number of anilines is 1. The minimum atomic E-state index is -0.295. The zero-order chi connectivity index (χ0) is 23.4. The number of fused-ring (bicyclic) bond motifs is 1. The number of nitrogens with zero attached hydrogens (tertiary/aromatic N) is 2. The third-order valence-corrected chi connectivity index (χ3v) is 6.40. The van der Waals surface area contributed by atoms with Crippen molar-refractivity contribution in [1.29, 1.82) is 0 Å². The summed E-state index contributed by atoms with van der Waals surface area (Å²) in [4.78, 5) is 33.1. The van der Waals surface area contributed by atoms with Gasteiger partial charge in [-0.1, -0.05) is 35.9 Å². The fourth-order valence-electron chi connectivity index (χ4n) is 4.04. The number of benzene rings is 2. The fraction of sp³-hybridized carbons (Fsp3) is 0.360. The lowest BCUT2D eigenvalue weighted by atomic mass is 10.0. The summed E-state index contributed by atoms with van der Waals surface area (Å²) in [5.41, 5.74) is 3.84. The summed E-state index contributed by atoms with van der Waals surface area (Å²) in [6, 6.07) is 12.8. The molecule has 3 aromatic rings. The Labute approximate surface area is 198 Å².